The summed E-state index contributed by atoms with van der Waals surface area (Å²) in [5.41, 5.74) is 2.57. The van der Waals surface area contributed by atoms with E-state index in [1.807, 2.05) is 53.4 Å². The summed E-state index contributed by atoms with van der Waals surface area (Å²) in [6.45, 7) is 2.11. The van der Waals surface area contributed by atoms with E-state index in [0.29, 0.717) is 25.3 Å². The van der Waals surface area contributed by atoms with Gasteiger partial charge in [0, 0.05) is 37.7 Å². The number of anilines is 1. The topological polar surface area (TPSA) is 75.9 Å². The molecule has 160 valence electrons. The molecule has 3 aromatic rings. The lowest BCUT2D eigenvalue weighted by atomic mass is 9.97. The Hall–Kier alpha value is -3.35. The van der Waals surface area contributed by atoms with Crippen LogP contribution < -0.4 is 9.64 Å². The third kappa shape index (κ3) is 4.13. The zero-order chi connectivity index (χ0) is 21.2. The summed E-state index contributed by atoms with van der Waals surface area (Å²) >= 11 is 0. The number of nitrogens with zero attached hydrogens (tertiary/aromatic N) is 3. The van der Waals surface area contributed by atoms with Crippen LogP contribution in [0, 0.1) is 0 Å². The Labute approximate surface area is 180 Å². The van der Waals surface area contributed by atoms with E-state index < -0.39 is 0 Å². The lowest BCUT2D eigenvalue weighted by Crippen LogP contribution is -2.40. The van der Waals surface area contributed by atoms with E-state index in [9.17, 15) is 9.59 Å². The van der Waals surface area contributed by atoms with Crippen LogP contribution in [0.1, 0.15) is 37.5 Å². The van der Waals surface area contributed by atoms with Crippen molar-refractivity contribution >= 4 is 28.6 Å². The molecule has 0 radical (unpaired) electrons. The van der Waals surface area contributed by atoms with Crippen molar-refractivity contribution < 1.29 is 18.7 Å². The Balaban J connectivity index is 1.12. The number of para-hydroxylation sites is 2. The highest BCUT2D eigenvalue weighted by Crippen LogP contribution is 2.30. The molecule has 2 saturated heterocycles. The first kappa shape index (κ1) is 19.6. The van der Waals surface area contributed by atoms with Crippen LogP contribution in [0.3, 0.4) is 0 Å². The Morgan fingerprint density at radius 2 is 1.84 bits per heavy atom. The number of hydrogen-bond donors (Lipinski definition) is 0. The summed E-state index contributed by atoms with van der Waals surface area (Å²) in [6.07, 6.45) is 3.17. The summed E-state index contributed by atoms with van der Waals surface area (Å²) in [6, 6.07) is 15.1. The maximum Gasteiger partial charge on any atom is 0.260 e. The van der Waals surface area contributed by atoms with Crippen molar-refractivity contribution in [2.45, 2.75) is 31.6 Å². The monoisotopic (exact) mass is 419 g/mol. The first-order chi connectivity index (χ1) is 15.2. The summed E-state index contributed by atoms with van der Waals surface area (Å²) in [5, 5.41) is 0. The molecule has 0 spiro atoms. The van der Waals surface area contributed by atoms with Crippen LogP contribution >= 0.6 is 0 Å². The molecular weight excluding hydrogens is 394 g/mol. The van der Waals surface area contributed by atoms with Crippen molar-refractivity contribution in [2.24, 2.45) is 0 Å². The zero-order valence-electron chi connectivity index (χ0n) is 17.3. The van der Waals surface area contributed by atoms with E-state index in [2.05, 4.69) is 4.98 Å². The standard InChI is InChI=1S/C24H25N3O4/c28-22-6-3-13-27(22)18-7-9-19(10-8-18)30-16-23(29)26-14-11-17(12-15-26)24-25-20-4-1-2-5-21(20)31-24/h1-2,4-5,7-10,17H,3,6,11-16H2. The maximum atomic E-state index is 12.6. The van der Waals surface area contributed by atoms with E-state index in [1.54, 1.807) is 4.90 Å². The summed E-state index contributed by atoms with van der Waals surface area (Å²) in [7, 11) is 0. The van der Waals surface area contributed by atoms with Gasteiger partial charge in [-0.25, -0.2) is 4.98 Å². The van der Waals surface area contributed by atoms with Crippen molar-refractivity contribution in [3.8, 4) is 5.75 Å². The van der Waals surface area contributed by atoms with Crippen LogP contribution in [0.25, 0.3) is 11.1 Å². The molecule has 5 rings (SSSR count). The van der Waals surface area contributed by atoms with Gasteiger partial charge in [0.2, 0.25) is 5.91 Å². The fourth-order valence-corrected chi connectivity index (χ4v) is 4.32. The first-order valence-electron chi connectivity index (χ1n) is 10.8. The van der Waals surface area contributed by atoms with Crippen LogP contribution in [0.4, 0.5) is 5.69 Å². The molecule has 2 aliphatic rings. The second kappa shape index (κ2) is 8.41. The largest absolute Gasteiger partial charge is 0.484 e. The number of amides is 2. The van der Waals surface area contributed by atoms with Gasteiger partial charge < -0.3 is 19.0 Å². The minimum absolute atomic E-state index is 0.00947. The third-order valence-corrected chi connectivity index (χ3v) is 6.09. The fraction of sp³-hybridized carbons (Fsp3) is 0.375. The molecule has 2 amide bonds. The smallest absolute Gasteiger partial charge is 0.260 e. The molecule has 3 heterocycles. The maximum absolute atomic E-state index is 12.6. The predicted molar refractivity (Wildman–Crippen MR) is 116 cm³/mol. The molecule has 0 aliphatic carbocycles. The van der Waals surface area contributed by atoms with E-state index in [-0.39, 0.29) is 24.3 Å². The summed E-state index contributed by atoms with van der Waals surface area (Å²) < 4.78 is 11.6. The van der Waals surface area contributed by atoms with Crippen molar-refractivity contribution in [1.82, 2.24) is 9.88 Å². The molecule has 0 N–H and O–H groups in total. The van der Waals surface area contributed by atoms with Gasteiger partial charge >= 0.3 is 0 Å². The molecule has 7 nitrogen and oxygen atoms in total. The number of ether oxygens (including phenoxy) is 1. The van der Waals surface area contributed by atoms with Crippen molar-refractivity contribution in [3.63, 3.8) is 0 Å². The zero-order valence-corrected chi connectivity index (χ0v) is 17.3. The van der Waals surface area contributed by atoms with Crippen molar-refractivity contribution in [1.29, 1.82) is 0 Å². The van der Waals surface area contributed by atoms with Gasteiger partial charge in [-0.2, -0.15) is 0 Å². The fourth-order valence-electron chi connectivity index (χ4n) is 4.32. The number of rotatable bonds is 5. The number of piperidine rings is 1. The molecule has 31 heavy (non-hydrogen) atoms. The van der Waals surface area contributed by atoms with Gasteiger partial charge in [0.1, 0.15) is 11.3 Å². The highest BCUT2D eigenvalue weighted by atomic mass is 16.5. The Morgan fingerprint density at radius 3 is 2.55 bits per heavy atom. The third-order valence-electron chi connectivity index (χ3n) is 6.09. The van der Waals surface area contributed by atoms with Crippen LogP contribution in [0.15, 0.2) is 52.9 Å². The normalized spacial score (nSPS) is 17.5. The Bertz CT molecular complexity index is 1050. The summed E-state index contributed by atoms with van der Waals surface area (Å²) in [5.74, 6) is 1.77. The number of aromatic nitrogens is 1. The minimum Gasteiger partial charge on any atom is -0.484 e. The van der Waals surface area contributed by atoms with Gasteiger partial charge in [0.25, 0.3) is 5.91 Å². The SMILES string of the molecule is O=C(COc1ccc(N2CCCC2=O)cc1)N1CCC(c2nc3ccccc3o2)CC1. The first-order valence-corrected chi connectivity index (χ1v) is 10.8. The Kier molecular flexibility index (Phi) is 5.32. The van der Waals surface area contributed by atoms with Crippen LogP contribution in [-0.2, 0) is 9.59 Å². The van der Waals surface area contributed by atoms with E-state index in [0.717, 1.165) is 48.5 Å². The summed E-state index contributed by atoms with van der Waals surface area (Å²) in [4.78, 5) is 32.7. The average molecular weight is 419 g/mol. The molecule has 0 bridgehead atoms. The number of oxazole rings is 1. The highest BCUT2D eigenvalue weighted by Gasteiger charge is 2.27. The molecule has 2 aliphatic heterocycles. The lowest BCUT2D eigenvalue weighted by molar-refractivity contribution is -0.134. The lowest BCUT2D eigenvalue weighted by Gasteiger charge is -2.30. The molecule has 0 saturated carbocycles. The number of likely N-dealkylation sites (tertiary alicyclic amines) is 1. The molecule has 0 atom stereocenters. The molecule has 7 heteroatoms. The van der Waals surface area contributed by atoms with E-state index >= 15 is 0 Å². The number of benzene rings is 2. The number of carbonyl (C=O) groups excluding carboxylic acids is 2. The number of hydrogen-bond acceptors (Lipinski definition) is 5. The quantitative estimate of drug-likeness (QED) is 0.630. The van der Waals surface area contributed by atoms with E-state index in [1.165, 1.54) is 0 Å². The van der Waals surface area contributed by atoms with E-state index in [4.69, 9.17) is 9.15 Å². The Morgan fingerprint density at radius 1 is 1.06 bits per heavy atom. The molecule has 1 aromatic heterocycles. The van der Waals surface area contributed by atoms with Gasteiger partial charge in [-0.1, -0.05) is 12.1 Å². The van der Waals surface area contributed by atoms with Crippen LogP contribution in [0.5, 0.6) is 5.75 Å². The average Bonchev–Trinajstić information content (AvgIpc) is 3.44. The van der Waals surface area contributed by atoms with Crippen molar-refractivity contribution in [2.75, 3.05) is 31.1 Å². The highest BCUT2D eigenvalue weighted by molar-refractivity contribution is 5.95. The second-order valence-electron chi connectivity index (χ2n) is 8.11. The number of carbonyl (C=O) groups is 2. The van der Waals surface area contributed by atoms with Gasteiger partial charge in [-0.3, -0.25) is 9.59 Å². The predicted octanol–water partition coefficient (Wildman–Crippen LogP) is 3.74. The second-order valence-corrected chi connectivity index (χ2v) is 8.11. The number of fused-ring (bicyclic) bond motifs is 1. The van der Waals surface area contributed by atoms with Gasteiger partial charge in [0.15, 0.2) is 18.1 Å². The minimum atomic E-state index is -0.0187. The van der Waals surface area contributed by atoms with Gasteiger partial charge in [-0.15, -0.1) is 0 Å². The van der Waals surface area contributed by atoms with Crippen LogP contribution in [-0.4, -0.2) is 47.9 Å². The molecule has 2 aromatic carbocycles. The van der Waals surface area contributed by atoms with Gasteiger partial charge in [0.05, 0.1) is 0 Å². The van der Waals surface area contributed by atoms with Crippen LogP contribution in [0.2, 0.25) is 0 Å². The molecule has 2 fully saturated rings. The van der Waals surface area contributed by atoms with Gasteiger partial charge in [-0.05, 0) is 55.7 Å². The molecule has 0 unspecified atom stereocenters. The van der Waals surface area contributed by atoms with Crippen molar-refractivity contribution in [3.05, 3.63) is 54.4 Å². The molecular formula is C24H25N3O4.